The van der Waals surface area contributed by atoms with Crippen molar-refractivity contribution in [3.63, 3.8) is 0 Å². The molecule has 1 fully saturated rings. The van der Waals surface area contributed by atoms with Gasteiger partial charge < -0.3 is 10.1 Å². The number of hydrogen-bond donors (Lipinski definition) is 1. The quantitative estimate of drug-likeness (QED) is 0.891. The molecule has 0 bridgehead atoms. The summed E-state index contributed by atoms with van der Waals surface area (Å²) in [6.45, 7) is 2.89. The monoisotopic (exact) mass is 332 g/mol. The second-order valence-corrected chi connectivity index (χ2v) is 6.11. The van der Waals surface area contributed by atoms with E-state index in [2.05, 4.69) is 26.2 Å². The Balaban J connectivity index is 1.72. The number of rotatable bonds is 5. The van der Waals surface area contributed by atoms with Crippen LogP contribution in [-0.4, -0.2) is 11.0 Å². The second kappa shape index (κ2) is 5.94. The molecular weight excluding hydrogens is 316 g/mol. The van der Waals surface area contributed by atoms with Gasteiger partial charge in [-0.3, -0.25) is 4.98 Å². The van der Waals surface area contributed by atoms with Crippen LogP contribution >= 0.6 is 15.9 Å². The highest BCUT2D eigenvalue weighted by Crippen LogP contribution is 2.28. The maximum absolute atomic E-state index is 5.93. The molecule has 1 aromatic carbocycles. The zero-order valence-corrected chi connectivity index (χ0v) is 13.0. The van der Waals surface area contributed by atoms with Gasteiger partial charge in [-0.1, -0.05) is 22.0 Å². The number of hydrogen-bond acceptors (Lipinski definition) is 3. The van der Waals surface area contributed by atoms with E-state index in [-0.39, 0.29) is 0 Å². The fraction of sp³-hybridized carbons (Fsp3) is 0.312. The van der Waals surface area contributed by atoms with Gasteiger partial charge in [0.15, 0.2) is 0 Å². The summed E-state index contributed by atoms with van der Waals surface area (Å²) in [5.74, 6) is 1.63. The Morgan fingerprint density at radius 2 is 2.15 bits per heavy atom. The van der Waals surface area contributed by atoms with E-state index in [0.29, 0.717) is 6.04 Å². The maximum atomic E-state index is 5.93. The van der Waals surface area contributed by atoms with Crippen molar-refractivity contribution in [3.8, 4) is 11.5 Å². The zero-order valence-electron chi connectivity index (χ0n) is 11.4. The summed E-state index contributed by atoms with van der Waals surface area (Å²) in [4.78, 5) is 4.25. The predicted molar refractivity (Wildman–Crippen MR) is 83.1 cm³/mol. The lowest BCUT2D eigenvalue weighted by molar-refractivity contribution is 0.475. The molecule has 1 aliphatic carbocycles. The molecule has 1 N–H and O–H groups in total. The van der Waals surface area contributed by atoms with E-state index >= 15 is 0 Å². The van der Waals surface area contributed by atoms with Crippen LogP contribution in [0.25, 0.3) is 0 Å². The first-order chi connectivity index (χ1) is 9.70. The Hall–Kier alpha value is -1.39. The molecule has 20 heavy (non-hydrogen) atoms. The van der Waals surface area contributed by atoms with Crippen molar-refractivity contribution < 1.29 is 4.74 Å². The van der Waals surface area contributed by atoms with E-state index in [1.165, 1.54) is 12.8 Å². The molecule has 0 radical (unpaired) electrons. The van der Waals surface area contributed by atoms with Gasteiger partial charge in [0.05, 0.1) is 6.20 Å². The summed E-state index contributed by atoms with van der Waals surface area (Å²) in [6, 6.07) is 8.77. The molecule has 2 aromatic rings. The molecule has 1 aliphatic rings. The highest BCUT2D eigenvalue weighted by Gasteiger charge is 2.20. The number of benzene rings is 1. The Labute approximate surface area is 127 Å². The first-order valence-corrected chi connectivity index (χ1v) is 7.61. The SMILES string of the molecule is Cc1ccc(Br)cc1Oc1cncc(CNC2CC2)c1. The fourth-order valence-electron chi connectivity index (χ4n) is 1.98. The van der Waals surface area contributed by atoms with Crippen LogP contribution in [0.1, 0.15) is 24.0 Å². The molecule has 1 aromatic heterocycles. The van der Waals surface area contributed by atoms with Gasteiger partial charge in [-0.2, -0.15) is 0 Å². The largest absolute Gasteiger partial charge is 0.455 e. The predicted octanol–water partition coefficient (Wildman–Crippen LogP) is 4.20. The third-order valence-electron chi connectivity index (χ3n) is 3.32. The molecular formula is C16H17BrN2O. The Morgan fingerprint density at radius 1 is 1.30 bits per heavy atom. The lowest BCUT2D eigenvalue weighted by atomic mass is 10.2. The molecule has 1 heterocycles. The van der Waals surface area contributed by atoms with Crippen molar-refractivity contribution in [1.82, 2.24) is 10.3 Å². The van der Waals surface area contributed by atoms with E-state index in [1.807, 2.05) is 37.4 Å². The van der Waals surface area contributed by atoms with Crippen molar-refractivity contribution in [1.29, 1.82) is 0 Å². The molecule has 0 amide bonds. The van der Waals surface area contributed by atoms with Crippen molar-refractivity contribution >= 4 is 15.9 Å². The topological polar surface area (TPSA) is 34.1 Å². The van der Waals surface area contributed by atoms with Gasteiger partial charge in [0.25, 0.3) is 0 Å². The summed E-state index contributed by atoms with van der Waals surface area (Å²) in [5.41, 5.74) is 2.26. The van der Waals surface area contributed by atoms with Gasteiger partial charge in [0.1, 0.15) is 11.5 Å². The molecule has 0 spiro atoms. The number of nitrogens with one attached hydrogen (secondary N) is 1. The zero-order chi connectivity index (χ0) is 13.9. The molecule has 3 nitrogen and oxygen atoms in total. The summed E-state index contributed by atoms with van der Waals surface area (Å²) in [5, 5.41) is 3.48. The smallest absolute Gasteiger partial charge is 0.146 e. The third kappa shape index (κ3) is 3.58. The molecule has 0 saturated heterocycles. The van der Waals surface area contributed by atoms with E-state index in [1.54, 1.807) is 6.20 Å². The van der Waals surface area contributed by atoms with Crippen LogP contribution in [0, 0.1) is 6.92 Å². The van der Waals surface area contributed by atoms with Gasteiger partial charge in [0.2, 0.25) is 0 Å². The van der Waals surface area contributed by atoms with Crippen molar-refractivity contribution in [2.45, 2.75) is 32.4 Å². The van der Waals surface area contributed by atoms with Crippen LogP contribution in [0.15, 0.2) is 41.1 Å². The Kier molecular flexibility index (Phi) is 4.03. The average molecular weight is 333 g/mol. The van der Waals surface area contributed by atoms with E-state index in [4.69, 9.17) is 4.74 Å². The van der Waals surface area contributed by atoms with Gasteiger partial charge in [0, 0.05) is 23.3 Å². The molecule has 1 saturated carbocycles. The molecule has 0 unspecified atom stereocenters. The Bertz CT molecular complexity index is 611. The van der Waals surface area contributed by atoms with Gasteiger partial charge in [-0.25, -0.2) is 0 Å². The van der Waals surface area contributed by atoms with Gasteiger partial charge in [-0.15, -0.1) is 0 Å². The number of pyridine rings is 1. The molecule has 3 rings (SSSR count). The minimum atomic E-state index is 0.701. The fourth-order valence-corrected chi connectivity index (χ4v) is 2.32. The van der Waals surface area contributed by atoms with E-state index in [9.17, 15) is 0 Å². The minimum absolute atomic E-state index is 0.701. The van der Waals surface area contributed by atoms with Crippen LogP contribution in [-0.2, 0) is 6.54 Å². The third-order valence-corrected chi connectivity index (χ3v) is 3.81. The number of halogens is 1. The number of aromatic nitrogens is 1. The van der Waals surface area contributed by atoms with Gasteiger partial charge >= 0.3 is 0 Å². The van der Waals surface area contributed by atoms with E-state index in [0.717, 1.165) is 33.6 Å². The van der Waals surface area contributed by atoms with Crippen molar-refractivity contribution in [3.05, 3.63) is 52.3 Å². The maximum Gasteiger partial charge on any atom is 0.146 e. The molecule has 4 heteroatoms. The average Bonchev–Trinajstić information content (AvgIpc) is 3.25. The highest BCUT2D eigenvalue weighted by atomic mass is 79.9. The molecule has 104 valence electrons. The summed E-state index contributed by atoms with van der Waals surface area (Å²) < 4.78 is 6.94. The lowest BCUT2D eigenvalue weighted by Crippen LogP contribution is -2.15. The molecule has 0 atom stereocenters. The first kappa shape index (κ1) is 13.6. The first-order valence-electron chi connectivity index (χ1n) is 6.82. The Morgan fingerprint density at radius 3 is 2.95 bits per heavy atom. The summed E-state index contributed by atoms with van der Waals surface area (Å²) >= 11 is 3.47. The van der Waals surface area contributed by atoms with Crippen LogP contribution in [0.2, 0.25) is 0 Å². The highest BCUT2D eigenvalue weighted by molar-refractivity contribution is 9.10. The molecule has 0 aliphatic heterocycles. The van der Waals surface area contributed by atoms with Crippen molar-refractivity contribution in [2.24, 2.45) is 0 Å². The lowest BCUT2D eigenvalue weighted by Gasteiger charge is -2.10. The van der Waals surface area contributed by atoms with Crippen molar-refractivity contribution in [2.75, 3.05) is 0 Å². The normalized spacial score (nSPS) is 14.3. The number of ether oxygens (including phenoxy) is 1. The van der Waals surface area contributed by atoms with Crippen LogP contribution < -0.4 is 10.1 Å². The standard InChI is InChI=1S/C16H17BrN2O/c1-11-2-3-13(17)7-16(11)20-15-6-12(8-18-10-15)9-19-14-4-5-14/h2-3,6-8,10,14,19H,4-5,9H2,1H3. The van der Waals surface area contributed by atoms with E-state index < -0.39 is 0 Å². The van der Waals surface area contributed by atoms with Crippen LogP contribution in [0.3, 0.4) is 0 Å². The second-order valence-electron chi connectivity index (χ2n) is 5.20. The summed E-state index contributed by atoms with van der Waals surface area (Å²) in [6.07, 6.45) is 6.22. The number of nitrogens with zero attached hydrogens (tertiary/aromatic N) is 1. The van der Waals surface area contributed by atoms with Crippen LogP contribution in [0.5, 0.6) is 11.5 Å². The van der Waals surface area contributed by atoms with Gasteiger partial charge in [-0.05, 0) is 49.1 Å². The summed E-state index contributed by atoms with van der Waals surface area (Å²) in [7, 11) is 0. The number of aryl methyl sites for hydroxylation is 1. The van der Waals surface area contributed by atoms with Crippen LogP contribution in [0.4, 0.5) is 0 Å². The minimum Gasteiger partial charge on any atom is -0.455 e.